The topological polar surface area (TPSA) is 92.9 Å². The second-order valence-electron chi connectivity index (χ2n) is 7.06. The second kappa shape index (κ2) is 8.04. The summed E-state index contributed by atoms with van der Waals surface area (Å²) < 4.78 is 32.3. The largest absolute Gasteiger partial charge is 0.379 e. The van der Waals surface area contributed by atoms with Crippen molar-refractivity contribution < 1.29 is 17.9 Å². The summed E-state index contributed by atoms with van der Waals surface area (Å²) in [5.74, 6) is 0.395. The predicted octanol–water partition coefficient (Wildman–Crippen LogP) is 0.907. The van der Waals surface area contributed by atoms with Crippen LogP contribution in [0.1, 0.15) is 30.1 Å². The minimum Gasteiger partial charge on any atom is -0.379 e. The van der Waals surface area contributed by atoms with Gasteiger partial charge in [-0.2, -0.15) is 4.31 Å². The summed E-state index contributed by atoms with van der Waals surface area (Å²) in [6.45, 7) is 4.69. The van der Waals surface area contributed by atoms with Crippen molar-refractivity contribution in [3.8, 4) is 0 Å². The third kappa shape index (κ3) is 3.93. The first kappa shape index (κ1) is 19.3. The average Bonchev–Trinajstić information content (AvgIpc) is 2.68. The molecule has 2 saturated heterocycles. The number of ether oxygens (including phenoxy) is 1. The quantitative estimate of drug-likeness (QED) is 0.837. The van der Waals surface area contributed by atoms with Crippen LogP contribution in [0.4, 0.5) is 0 Å². The van der Waals surface area contributed by atoms with Gasteiger partial charge in [-0.3, -0.25) is 4.79 Å². The molecule has 144 valence electrons. The Morgan fingerprint density at radius 2 is 2.00 bits per heavy atom. The zero-order valence-corrected chi connectivity index (χ0v) is 16.0. The van der Waals surface area contributed by atoms with Crippen molar-refractivity contribution in [2.75, 3.05) is 39.4 Å². The number of hydrogen-bond donors (Lipinski definition) is 1. The van der Waals surface area contributed by atoms with Crippen molar-refractivity contribution in [3.05, 3.63) is 29.8 Å². The monoisotopic (exact) mass is 381 g/mol. The lowest BCUT2D eigenvalue weighted by molar-refractivity contribution is 0.0573. The van der Waals surface area contributed by atoms with Crippen LogP contribution >= 0.6 is 0 Å². The number of sulfonamides is 1. The fourth-order valence-corrected chi connectivity index (χ4v) is 5.09. The van der Waals surface area contributed by atoms with E-state index in [1.807, 2.05) is 0 Å². The highest BCUT2D eigenvalue weighted by atomic mass is 32.2. The summed E-state index contributed by atoms with van der Waals surface area (Å²) in [6, 6.07) is 6.33. The summed E-state index contributed by atoms with van der Waals surface area (Å²) >= 11 is 0. The standard InChI is InChI=1S/C18H27N3O4S/c1-14-5-6-21(16(11-14)13-19)18(22)15-3-2-4-17(12-15)26(23,24)20-7-9-25-10-8-20/h2-4,12,14,16H,5-11,13,19H2,1H3. The summed E-state index contributed by atoms with van der Waals surface area (Å²) in [5, 5.41) is 0. The highest BCUT2D eigenvalue weighted by Gasteiger charge is 2.31. The van der Waals surface area contributed by atoms with E-state index in [-0.39, 0.29) is 16.8 Å². The summed E-state index contributed by atoms with van der Waals surface area (Å²) in [4.78, 5) is 14.9. The minimum atomic E-state index is -3.62. The van der Waals surface area contributed by atoms with Crippen LogP contribution in [0, 0.1) is 5.92 Å². The van der Waals surface area contributed by atoms with Gasteiger partial charge in [-0.15, -0.1) is 0 Å². The van der Waals surface area contributed by atoms with Gasteiger partial charge in [-0.25, -0.2) is 8.42 Å². The predicted molar refractivity (Wildman–Crippen MR) is 98.3 cm³/mol. The first-order valence-electron chi connectivity index (χ1n) is 9.12. The number of nitrogens with two attached hydrogens (primary N) is 1. The van der Waals surface area contributed by atoms with Crippen LogP contribution in [0.25, 0.3) is 0 Å². The number of rotatable bonds is 4. The van der Waals surface area contributed by atoms with Crippen LogP contribution in [0.3, 0.4) is 0 Å². The van der Waals surface area contributed by atoms with E-state index < -0.39 is 10.0 Å². The molecule has 0 radical (unpaired) electrons. The molecule has 2 heterocycles. The van der Waals surface area contributed by atoms with Crippen molar-refractivity contribution >= 4 is 15.9 Å². The maximum absolute atomic E-state index is 13.0. The maximum Gasteiger partial charge on any atom is 0.254 e. The number of carbonyl (C=O) groups excluding carboxylic acids is 1. The van der Waals surface area contributed by atoms with Crippen LogP contribution in [0.2, 0.25) is 0 Å². The van der Waals surface area contributed by atoms with Gasteiger partial charge in [0.25, 0.3) is 5.91 Å². The number of nitrogens with zero attached hydrogens (tertiary/aromatic N) is 2. The van der Waals surface area contributed by atoms with Crippen LogP contribution in [-0.2, 0) is 14.8 Å². The van der Waals surface area contributed by atoms with Crippen molar-refractivity contribution in [2.24, 2.45) is 11.7 Å². The fourth-order valence-electron chi connectivity index (χ4n) is 3.63. The molecule has 0 bridgehead atoms. The Bertz CT molecular complexity index is 747. The third-order valence-electron chi connectivity index (χ3n) is 5.20. The van der Waals surface area contributed by atoms with E-state index in [0.29, 0.717) is 50.9 Å². The Labute approximate surface area is 155 Å². The van der Waals surface area contributed by atoms with E-state index in [1.165, 1.54) is 10.4 Å². The van der Waals surface area contributed by atoms with Gasteiger partial charge in [-0.1, -0.05) is 13.0 Å². The molecule has 0 aliphatic carbocycles. The number of hydrogen-bond acceptors (Lipinski definition) is 5. The van der Waals surface area contributed by atoms with E-state index in [0.717, 1.165) is 12.8 Å². The number of carbonyl (C=O) groups is 1. The lowest BCUT2D eigenvalue weighted by Gasteiger charge is -2.38. The molecule has 1 amide bonds. The molecular formula is C18H27N3O4S. The summed E-state index contributed by atoms with van der Waals surface area (Å²) in [5.41, 5.74) is 6.26. The molecule has 0 aromatic heterocycles. The summed E-state index contributed by atoms with van der Waals surface area (Å²) in [7, 11) is -3.62. The van der Waals surface area contributed by atoms with E-state index in [2.05, 4.69) is 6.92 Å². The Morgan fingerprint density at radius 1 is 1.27 bits per heavy atom. The number of amides is 1. The average molecular weight is 381 g/mol. The van der Waals surface area contributed by atoms with Gasteiger partial charge in [0.2, 0.25) is 10.0 Å². The van der Waals surface area contributed by atoms with Gasteiger partial charge in [0.15, 0.2) is 0 Å². The lowest BCUT2D eigenvalue weighted by atomic mass is 9.92. The first-order valence-corrected chi connectivity index (χ1v) is 10.6. The van der Waals surface area contributed by atoms with Crippen LogP contribution in [0.5, 0.6) is 0 Å². The molecule has 26 heavy (non-hydrogen) atoms. The van der Waals surface area contributed by atoms with Crippen molar-refractivity contribution in [1.29, 1.82) is 0 Å². The van der Waals surface area contributed by atoms with Gasteiger partial charge < -0.3 is 15.4 Å². The molecule has 2 aliphatic heterocycles. The van der Waals surface area contributed by atoms with Gasteiger partial charge in [0, 0.05) is 37.8 Å². The second-order valence-corrected chi connectivity index (χ2v) is 9.00. The maximum atomic E-state index is 13.0. The molecule has 8 heteroatoms. The molecule has 1 aromatic carbocycles. The smallest absolute Gasteiger partial charge is 0.254 e. The van der Waals surface area contributed by atoms with Gasteiger partial charge in [0.1, 0.15) is 0 Å². The molecule has 0 spiro atoms. The van der Waals surface area contributed by atoms with Gasteiger partial charge >= 0.3 is 0 Å². The third-order valence-corrected chi connectivity index (χ3v) is 7.09. The number of likely N-dealkylation sites (tertiary alicyclic amines) is 1. The molecule has 2 unspecified atom stereocenters. The van der Waals surface area contributed by atoms with Crippen molar-refractivity contribution in [3.63, 3.8) is 0 Å². The van der Waals surface area contributed by atoms with Crippen LogP contribution < -0.4 is 5.73 Å². The van der Waals surface area contributed by atoms with Crippen molar-refractivity contribution in [1.82, 2.24) is 9.21 Å². The van der Waals surface area contributed by atoms with E-state index in [9.17, 15) is 13.2 Å². The number of piperidine rings is 1. The zero-order chi connectivity index (χ0) is 18.7. The molecule has 3 rings (SSSR count). The SMILES string of the molecule is CC1CCN(C(=O)c2cccc(S(=O)(=O)N3CCOCC3)c2)C(CN)C1. The Hall–Kier alpha value is -1.48. The number of morpholine rings is 1. The Morgan fingerprint density at radius 3 is 2.69 bits per heavy atom. The van der Waals surface area contributed by atoms with Gasteiger partial charge in [0.05, 0.1) is 18.1 Å². The Balaban J connectivity index is 1.83. The molecule has 2 N–H and O–H groups in total. The highest BCUT2D eigenvalue weighted by molar-refractivity contribution is 7.89. The molecule has 7 nitrogen and oxygen atoms in total. The molecule has 2 aliphatic rings. The molecule has 2 fully saturated rings. The van der Waals surface area contributed by atoms with Crippen molar-refractivity contribution in [2.45, 2.75) is 30.7 Å². The fraction of sp³-hybridized carbons (Fsp3) is 0.611. The highest BCUT2D eigenvalue weighted by Crippen LogP contribution is 2.25. The van der Waals surface area contributed by atoms with E-state index in [1.54, 1.807) is 23.1 Å². The van der Waals surface area contributed by atoms with Crippen LogP contribution in [-0.4, -0.2) is 69.0 Å². The van der Waals surface area contributed by atoms with Crippen LogP contribution in [0.15, 0.2) is 29.2 Å². The molecular weight excluding hydrogens is 354 g/mol. The Kier molecular flexibility index (Phi) is 5.96. The normalized spacial score (nSPS) is 25.2. The zero-order valence-electron chi connectivity index (χ0n) is 15.1. The number of benzene rings is 1. The molecule has 0 saturated carbocycles. The molecule has 2 atom stereocenters. The van der Waals surface area contributed by atoms with E-state index in [4.69, 9.17) is 10.5 Å². The van der Waals surface area contributed by atoms with Gasteiger partial charge in [-0.05, 0) is 37.0 Å². The minimum absolute atomic E-state index is 0.00533. The summed E-state index contributed by atoms with van der Waals surface area (Å²) in [6.07, 6.45) is 1.82. The lowest BCUT2D eigenvalue weighted by Crippen LogP contribution is -2.49. The first-order chi connectivity index (χ1) is 12.4. The molecule has 1 aromatic rings. The van der Waals surface area contributed by atoms with E-state index >= 15 is 0 Å².